The maximum absolute atomic E-state index is 13.4. The van der Waals surface area contributed by atoms with Crippen LogP contribution in [-0.2, 0) is 0 Å². The van der Waals surface area contributed by atoms with Gasteiger partial charge in [0.05, 0.1) is 17.3 Å². The van der Waals surface area contributed by atoms with Gasteiger partial charge in [0.15, 0.2) is 0 Å². The second-order valence-corrected chi connectivity index (χ2v) is 8.96. The maximum Gasteiger partial charge on any atom is 0.255 e. The number of phenolic OH excluding ortho intramolecular Hbond substituents is 1. The molecular weight excluding hydrogens is 412 g/mol. The summed E-state index contributed by atoms with van der Waals surface area (Å²) in [5.41, 5.74) is 4.22. The number of rotatable bonds is 5. The number of aromatic hydroxyl groups is 1. The van der Waals surface area contributed by atoms with Crippen LogP contribution >= 0.6 is 0 Å². The number of para-hydroxylation sites is 1. The number of aromatic nitrogens is 1. The molecule has 1 aromatic heterocycles. The van der Waals surface area contributed by atoms with Crippen molar-refractivity contribution in [1.82, 2.24) is 14.4 Å². The van der Waals surface area contributed by atoms with Gasteiger partial charge in [0.1, 0.15) is 5.75 Å². The van der Waals surface area contributed by atoms with Crippen molar-refractivity contribution in [2.24, 2.45) is 0 Å². The van der Waals surface area contributed by atoms with Crippen LogP contribution < -0.4 is 4.90 Å². The summed E-state index contributed by atoms with van der Waals surface area (Å²) >= 11 is 0. The number of carbonyl (C=O) groups excluding carboxylic acids is 1. The Bertz CT molecular complexity index is 1090. The van der Waals surface area contributed by atoms with Crippen molar-refractivity contribution >= 4 is 11.6 Å². The van der Waals surface area contributed by atoms with Crippen molar-refractivity contribution in [3.8, 4) is 11.4 Å². The molecule has 1 saturated heterocycles. The molecule has 0 radical (unpaired) electrons. The summed E-state index contributed by atoms with van der Waals surface area (Å²) < 4.78 is 2.22. The Morgan fingerprint density at radius 2 is 1.61 bits per heavy atom. The molecule has 0 spiro atoms. The Hall–Kier alpha value is -3.25. The molecule has 33 heavy (non-hydrogen) atoms. The highest BCUT2D eigenvalue weighted by molar-refractivity contribution is 5.96. The van der Waals surface area contributed by atoms with Gasteiger partial charge in [0.25, 0.3) is 5.91 Å². The zero-order valence-electron chi connectivity index (χ0n) is 19.2. The monoisotopic (exact) mass is 444 g/mol. The number of hydrogen-bond acceptors (Lipinski definition) is 4. The lowest BCUT2D eigenvalue weighted by atomic mass is 10.0. The van der Waals surface area contributed by atoms with Crippen LogP contribution in [0.5, 0.6) is 5.75 Å². The van der Waals surface area contributed by atoms with E-state index < -0.39 is 0 Å². The normalized spacial score (nSPS) is 19.4. The molecule has 172 valence electrons. The zero-order chi connectivity index (χ0) is 22.8. The molecule has 2 aliphatic heterocycles. The number of phenols is 1. The van der Waals surface area contributed by atoms with Crippen molar-refractivity contribution in [2.45, 2.75) is 25.8 Å². The van der Waals surface area contributed by atoms with Crippen LogP contribution in [0.1, 0.15) is 41.9 Å². The number of benzene rings is 2. The van der Waals surface area contributed by atoms with Gasteiger partial charge >= 0.3 is 0 Å². The minimum Gasteiger partial charge on any atom is -0.508 e. The Kier molecular flexibility index (Phi) is 6.09. The van der Waals surface area contributed by atoms with Crippen LogP contribution in [0.2, 0.25) is 0 Å². The highest BCUT2D eigenvalue weighted by Gasteiger charge is 2.35. The third kappa shape index (κ3) is 4.23. The minimum absolute atomic E-state index is 0.159. The highest BCUT2D eigenvalue weighted by Crippen LogP contribution is 2.35. The lowest BCUT2D eigenvalue weighted by molar-refractivity contribution is 0.0752. The molecule has 2 aromatic carbocycles. The fourth-order valence-corrected chi connectivity index (χ4v) is 5.26. The van der Waals surface area contributed by atoms with Crippen molar-refractivity contribution in [3.63, 3.8) is 0 Å². The molecule has 2 aliphatic rings. The predicted molar refractivity (Wildman–Crippen MR) is 131 cm³/mol. The number of hydrogen-bond donors (Lipinski definition) is 1. The third-order valence-electron chi connectivity index (χ3n) is 6.93. The van der Waals surface area contributed by atoms with Gasteiger partial charge in [-0.25, -0.2) is 0 Å². The van der Waals surface area contributed by atoms with E-state index in [1.165, 1.54) is 0 Å². The summed E-state index contributed by atoms with van der Waals surface area (Å²) in [6.07, 6.45) is 3.97. The second kappa shape index (κ2) is 9.32. The first-order valence-electron chi connectivity index (χ1n) is 12.0. The van der Waals surface area contributed by atoms with Gasteiger partial charge in [-0.1, -0.05) is 25.1 Å². The van der Waals surface area contributed by atoms with Gasteiger partial charge < -0.3 is 19.5 Å². The molecule has 0 aliphatic carbocycles. The van der Waals surface area contributed by atoms with E-state index in [0.29, 0.717) is 5.75 Å². The molecule has 1 amide bonds. The van der Waals surface area contributed by atoms with E-state index in [9.17, 15) is 9.90 Å². The summed E-state index contributed by atoms with van der Waals surface area (Å²) in [6, 6.07) is 20.0. The number of nitrogens with zero attached hydrogens (tertiary/aromatic N) is 4. The lowest BCUT2D eigenvalue weighted by Crippen LogP contribution is -2.48. The second-order valence-electron chi connectivity index (χ2n) is 8.96. The molecule has 0 saturated carbocycles. The lowest BCUT2D eigenvalue weighted by Gasteiger charge is -2.40. The third-order valence-corrected chi connectivity index (χ3v) is 6.93. The minimum atomic E-state index is 0.159. The van der Waals surface area contributed by atoms with Crippen LogP contribution in [0, 0.1) is 0 Å². The van der Waals surface area contributed by atoms with Gasteiger partial charge in [-0.2, -0.15) is 0 Å². The fraction of sp³-hybridized carbons (Fsp3) is 0.370. The fourth-order valence-electron chi connectivity index (χ4n) is 5.26. The maximum atomic E-state index is 13.4. The Morgan fingerprint density at radius 1 is 0.879 bits per heavy atom. The van der Waals surface area contributed by atoms with Crippen LogP contribution in [0.3, 0.4) is 0 Å². The molecular formula is C27H32N4O2. The molecule has 6 nitrogen and oxygen atoms in total. The van der Waals surface area contributed by atoms with E-state index in [1.807, 2.05) is 29.2 Å². The average molecular weight is 445 g/mol. The van der Waals surface area contributed by atoms with E-state index in [0.717, 1.165) is 74.7 Å². The Morgan fingerprint density at radius 3 is 2.30 bits per heavy atom. The highest BCUT2D eigenvalue weighted by atomic mass is 16.3. The molecule has 6 heteroatoms. The SMILES string of the molecule is CCCN1CCC(N2CCN(c3ccc(O)cc3)CC2)c2c(ccn2-c2ccccc2)C1=O. The van der Waals surface area contributed by atoms with Gasteiger partial charge in [0.2, 0.25) is 0 Å². The van der Waals surface area contributed by atoms with Crippen molar-refractivity contribution in [2.75, 3.05) is 44.2 Å². The van der Waals surface area contributed by atoms with Gasteiger partial charge in [-0.3, -0.25) is 9.69 Å². The number of carbonyl (C=O) groups is 1. The smallest absolute Gasteiger partial charge is 0.255 e. The molecule has 3 heterocycles. The summed E-state index contributed by atoms with van der Waals surface area (Å²) in [7, 11) is 0. The summed E-state index contributed by atoms with van der Waals surface area (Å²) in [5.74, 6) is 0.457. The van der Waals surface area contributed by atoms with Gasteiger partial charge in [0, 0.05) is 56.8 Å². The van der Waals surface area contributed by atoms with Crippen molar-refractivity contribution in [3.05, 3.63) is 78.1 Å². The standard InChI is InChI=1S/C27H32N4O2/c1-2-14-30-15-13-25(29-19-17-28(18-20-29)21-8-10-23(32)11-9-21)26-24(27(30)33)12-16-31(26)22-6-4-3-5-7-22/h3-12,16,25,32H,2,13-15,17-20H2,1H3. The molecule has 5 rings (SSSR count). The number of fused-ring (bicyclic) bond motifs is 1. The summed E-state index contributed by atoms with van der Waals surface area (Å²) in [5, 5.41) is 9.61. The van der Waals surface area contributed by atoms with E-state index in [1.54, 1.807) is 12.1 Å². The molecule has 1 unspecified atom stereocenters. The first kappa shape index (κ1) is 21.6. The van der Waals surface area contributed by atoms with Crippen LogP contribution in [0.15, 0.2) is 66.9 Å². The van der Waals surface area contributed by atoms with Crippen LogP contribution in [0.25, 0.3) is 5.69 Å². The number of anilines is 1. The van der Waals surface area contributed by atoms with Crippen molar-refractivity contribution < 1.29 is 9.90 Å². The van der Waals surface area contributed by atoms with Gasteiger partial charge in [-0.05, 0) is 55.3 Å². The Balaban J connectivity index is 1.44. The Labute approximate surface area is 195 Å². The van der Waals surface area contributed by atoms with Crippen LogP contribution in [-0.4, -0.2) is 64.6 Å². The molecule has 1 N–H and O–H groups in total. The predicted octanol–water partition coefficient (Wildman–Crippen LogP) is 4.30. The molecule has 1 fully saturated rings. The first-order valence-corrected chi connectivity index (χ1v) is 12.0. The first-order chi connectivity index (χ1) is 16.2. The van der Waals surface area contributed by atoms with Crippen LogP contribution in [0.4, 0.5) is 5.69 Å². The molecule has 1 atom stereocenters. The summed E-state index contributed by atoms with van der Waals surface area (Å²) in [4.78, 5) is 20.4. The quantitative estimate of drug-likeness (QED) is 0.638. The van der Waals surface area contributed by atoms with E-state index >= 15 is 0 Å². The van der Waals surface area contributed by atoms with E-state index in [-0.39, 0.29) is 11.9 Å². The topological polar surface area (TPSA) is 52.0 Å². The average Bonchev–Trinajstić information content (AvgIpc) is 3.24. The summed E-state index contributed by atoms with van der Waals surface area (Å²) in [6.45, 7) is 7.45. The molecule has 0 bridgehead atoms. The zero-order valence-corrected chi connectivity index (χ0v) is 19.2. The van der Waals surface area contributed by atoms with Gasteiger partial charge in [-0.15, -0.1) is 0 Å². The number of piperazine rings is 1. The van der Waals surface area contributed by atoms with E-state index in [4.69, 9.17) is 0 Å². The van der Waals surface area contributed by atoms with E-state index in [2.05, 4.69) is 51.8 Å². The largest absolute Gasteiger partial charge is 0.508 e. The molecule has 3 aromatic rings. The number of amides is 1. The van der Waals surface area contributed by atoms with Crippen molar-refractivity contribution in [1.29, 1.82) is 0 Å².